The highest BCUT2D eigenvalue weighted by Crippen LogP contribution is 2.41. The van der Waals surface area contributed by atoms with Gasteiger partial charge in [-0.3, -0.25) is 0 Å². The van der Waals surface area contributed by atoms with Crippen LogP contribution in [0.15, 0.2) is 31.1 Å². The summed E-state index contributed by atoms with van der Waals surface area (Å²) in [6, 6.07) is 5.71. The summed E-state index contributed by atoms with van der Waals surface area (Å²) in [5, 5.41) is 0.727. The second kappa shape index (κ2) is 4.92. The number of hydrogen-bond acceptors (Lipinski definition) is 2. The molecule has 0 spiro atoms. The molecule has 2 rings (SSSR count). The maximum atomic E-state index is 5.97. The first kappa shape index (κ1) is 12.2. The van der Waals surface area contributed by atoms with E-state index in [1.165, 1.54) is 0 Å². The molecule has 2 heterocycles. The van der Waals surface area contributed by atoms with Crippen LogP contribution in [0.4, 0.5) is 0 Å². The Morgan fingerprint density at radius 1 is 1.33 bits per heavy atom. The van der Waals surface area contributed by atoms with Crippen LogP contribution in [0.2, 0.25) is 5.02 Å². The monoisotopic (exact) mass is 432 g/mol. The Hall–Kier alpha value is 0.710. The van der Waals surface area contributed by atoms with Crippen LogP contribution in [0.5, 0.6) is 0 Å². The van der Waals surface area contributed by atoms with Gasteiger partial charge in [0.05, 0.1) is 8.81 Å². The van der Waals surface area contributed by atoms with E-state index in [1.54, 1.807) is 11.3 Å². The fraction of sp³-hybridized carbons (Fsp3) is 0.111. The first-order valence-electron chi connectivity index (χ1n) is 3.92. The summed E-state index contributed by atoms with van der Waals surface area (Å²) in [4.78, 5) is 1.14. The van der Waals surface area contributed by atoms with Gasteiger partial charge in [-0.05, 0) is 50.1 Å². The van der Waals surface area contributed by atoms with Gasteiger partial charge in [0, 0.05) is 4.88 Å². The van der Waals surface area contributed by atoms with Crippen molar-refractivity contribution in [2.75, 3.05) is 0 Å². The fourth-order valence-corrected chi connectivity index (χ4v) is 3.80. The number of halogens is 4. The van der Waals surface area contributed by atoms with Gasteiger partial charge < -0.3 is 4.42 Å². The Bertz CT molecular complexity index is 460. The fourth-order valence-electron chi connectivity index (χ4n) is 1.09. The van der Waals surface area contributed by atoms with Crippen molar-refractivity contribution in [3.63, 3.8) is 0 Å². The summed E-state index contributed by atoms with van der Waals surface area (Å²) < 4.78 is 7.13. The van der Waals surface area contributed by atoms with E-state index in [4.69, 9.17) is 16.0 Å². The summed E-state index contributed by atoms with van der Waals surface area (Å²) in [6.07, 6.45) is 0. The third kappa shape index (κ3) is 2.69. The Morgan fingerprint density at radius 3 is 2.53 bits per heavy atom. The number of thiophene rings is 1. The van der Waals surface area contributed by atoms with Gasteiger partial charge in [0.2, 0.25) is 0 Å². The molecule has 0 N–H and O–H groups in total. The average molecular weight is 435 g/mol. The Balaban J connectivity index is 2.31. The van der Waals surface area contributed by atoms with Crippen LogP contribution in [0.1, 0.15) is 15.5 Å². The molecule has 0 saturated heterocycles. The molecular formula is C9H4Br3ClOS. The van der Waals surface area contributed by atoms with Crippen LogP contribution in [0, 0.1) is 0 Å². The van der Waals surface area contributed by atoms with E-state index in [9.17, 15) is 0 Å². The first-order valence-corrected chi connectivity index (χ1v) is 7.61. The molecule has 1 nitrogen and oxygen atoms in total. The molecule has 0 radical (unpaired) electrons. The summed E-state index contributed by atoms with van der Waals surface area (Å²) in [5.41, 5.74) is 0. The molecule has 1 unspecified atom stereocenters. The predicted octanol–water partition coefficient (Wildman–Crippen LogP) is 6.00. The lowest BCUT2D eigenvalue weighted by Gasteiger charge is -2.02. The molecule has 0 aromatic carbocycles. The molecule has 0 fully saturated rings. The molecule has 0 aliphatic rings. The summed E-state index contributed by atoms with van der Waals surface area (Å²) in [7, 11) is 0. The van der Waals surface area contributed by atoms with Crippen LogP contribution in [-0.2, 0) is 0 Å². The Morgan fingerprint density at radius 2 is 2.07 bits per heavy atom. The van der Waals surface area contributed by atoms with Crippen LogP contribution in [-0.4, -0.2) is 0 Å². The molecular weight excluding hydrogens is 431 g/mol. The van der Waals surface area contributed by atoms with Gasteiger partial charge in [0.25, 0.3) is 0 Å². The first-order chi connectivity index (χ1) is 7.08. The minimum Gasteiger partial charge on any atom is -0.453 e. The molecule has 0 aliphatic carbocycles. The third-order valence-corrected chi connectivity index (χ3v) is 5.97. The van der Waals surface area contributed by atoms with Crippen molar-refractivity contribution in [3.05, 3.63) is 42.3 Å². The topological polar surface area (TPSA) is 13.1 Å². The second-order valence-electron chi connectivity index (χ2n) is 2.77. The van der Waals surface area contributed by atoms with Crippen molar-refractivity contribution in [2.45, 2.75) is 4.83 Å². The lowest BCUT2D eigenvalue weighted by Crippen LogP contribution is -1.84. The van der Waals surface area contributed by atoms with Crippen LogP contribution < -0.4 is 0 Å². The van der Waals surface area contributed by atoms with Gasteiger partial charge >= 0.3 is 0 Å². The predicted molar refractivity (Wildman–Crippen MR) is 74.2 cm³/mol. The smallest absolute Gasteiger partial charge is 0.169 e. The van der Waals surface area contributed by atoms with E-state index < -0.39 is 0 Å². The molecule has 2 aromatic heterocycles. The normalized spacial score (nSPS) is 13.1. The molecule has 0 saturated carbocycles. The number of rotatable bonds is 2. The summed E-state index contributed by atoms with van der Waals surface area (Å²) in [5.74, 6) is 0.854. The maximum absolute atomic E-state index is 5.97. The highest BCUT2D eigenvalue weighted by Gasteiger charge is 2.18. The zero-order chi connectivity index (χ0) is 11.0. The zero-order valence-corrected chi connectivity index (χ0v) is 13.5. The lowest BCUT2D eigenvalue weighted by molar-refractivity contribution is 0.498. The number of furan rings is 1. The van der Waals surface area contributed by atoms with E-state index in [0.29, 0.717) is 0 Å². The minimum atomic E-state index is 0.0394. The largest absolute Gasteiger partial charge is 0.453 e. The van der Waals surface area contributed by atoms with Gasteiger partial charge in [-0.15, -0.1) is 11.3 Å². The standard InChI is InChI=1S/C9H4Br3ClOS/c10-7-2-1-5(14-7)8(11)6-3-4(13)9(12)15-6/h1-3,8H. The van der Waals surface area contributed by atoms with E-state index >= 15 is 0 Å². The lowest BCUT2D eigenvalue weighted by atomic mass is 10.3. The molecule has 0 aliphatic heterocycles. The van der Waals surface area contributed by atoms with E-state index in [0.717, 1.165) is 24.1 Å². The third-order valence-electron chi connectivity index (χ3n) is 1.76. The summed E-state index contributed by atoms with van der Waals surface area (Å²) in [6.45, 7) is 0. The molecule has 80 valence electrons. The van der Waals surface area contributed by atoms with Gasteiger partial charge in [-0.2, -0.15) is 0 Å². The maximum Gasteiger partial charge on any atom is 0.169 e. The van der Waals surface area contributed by atoms with Crippen molar-refractivity contribution in [1.29, 1.82) is 0 Å². The Labute approximate surface area is 121 Å². The van der Waals surface area contributed by atoms with Crippen LogP contribution >= 0.6 is 70.7 Å². The summed E-state index contributed by atoms with van der Waals surface area (Å²) >= 11 is 17.8. The molecule has 15 heavy (non-hydrogen) atoms. The van der Waals surface area contributed by atoms with Gasteiger partial charge in [-0.25, -0.2) is 0 Å². The molecule has 2 aromatic rings. The van der Waals surface area contributed by atoms with Gasteiger partial charge in [0.15, 0.2) is 4.67 Å². The van der Waals surface area contributed by atoms with E-state index in [2.05, 4.69) is 47.8 Å². The van der Waals surface area contributed by atoms with Crippen molar-refractivity contribution >= 4 is 70.7 Å². The molecule has 6 heteroatoms. The van der Waals surface area contributed by atoms with E-state index in [1.807, 2.05) is 18.2 Å². The quantitative estimate of drug-likeness (QED) is 0.527. The van der Waals surface area contributed by atoms with Crippen molar-refractivity contribution in [1.82, 2.24) is 0 Å². The minimum absolute atomic E-state index is 0.0394. The highest BCUT2D eigenvalue weighted by atomic mass is 79.9. The molecule has 1 atom stereocenters. The highest BCUT2D eigenvalue weighted by molar-refractivity contribution is 9.11. The molecule has 0 bridgehead atoms. The number of alkyl halides is 1. The SMILES string of the molecule is Clc1cc(C(Br)c2ccc(Br)o2)sc1Br. The Kier molecular flexibility index (Phi) is 3.99. The zero-order valence-electron chi connectivity index (χ0n) is 7.14. The number of hydrogen-bond donors (Lipinski definition) is 0. The second-order valence-corrected chi connectivity index (χ2v) is 7.28. The van der Waals surface area contributed by atoms with Crippen molar-refractivity contribution in [2.24, 2.45) is 0 Å². The van der Waals surface area contributed by atoms with Crippen LogP contribution in [0.3, 0.4) is 0 Å². The van der Waals surface area contributed by atoms with Gasteiger partial charge in [-0.1, -0.05) is 27.5 Å². The average Bonchev–Trinajstić information content (AvgIpc) is 2.74. The van der Waals surface area contributed by atoms with E-state index in [-0.39, 0.29) is 4.83 Å². The van der Waals surface area contributed by atoms with Gasteiger partial charge in [0.1, 0.15) is 10.6 Å². The molecule has 0 amide bonds. The van der Waals surface area contributed by atoms with Crippen LogP contribution in [0.25, 0.3) is 0 Å². The van der Waals surface area contributed by atoms with Crippen molar-refractivity contribution < 1.29 is 4.42 Å². The van der Waals surface area contributed by atoms with Crippen molar-refractivity contribution in [3.8, 4) is 0 Å².